The van der Waals surface area contributed by atoms with Crippen molar-refractivity contribution >= 4 is 11.9 Å². The third kappa shape index (κ3) is 4.08. The van der Waals surface area contributed by atoms with E-state index in [0.717, 1.165) is 11.3 Å². The molecule has 0 fully saturated rings. The normalized spacial score (nSPS) is 12.5. The van der Waals surface area contributed by atoms with Crippen molar-refractivity contribution in [3.05, 3.63) is 17.0 Å². The lowest BCUT2D eigenvalue weighted by Crippen LogP contribution is -2.44. The molecule has 0 aliphatic carbocycles. The third-order valence-electron chi connectivity index (χ3n) is 3.03. The summed E-state index contributed by atoms with van der Waals surface area (Å²) in [5.41, 5.74) is 1.68. The molecule has 0 aromatic carbocycles. The van der Waals surface area contributed by atoms with E-state index in [1.807, 2.05) is 6.92 Å². The maximum Gasteiger partial charge on any atom is 0.326 e. The SMILES string of the molecule is Cc1noc(C)c1CCC(=O)N[C@@H](C(=O)O)C(C)C. The van der Waals surface area contributed by atoms with E-state index in [4.69, 9.17) is 9.63 Å². The summed E-state index contributed by atoms with van der Waals surface area (Å²) in [6, 6.07) is -0.850. The number of carboxylic acids is 1. The number of aromatic nitrogens is 1. The van der Waals surface area contributed by atoms with Crippen LogP contribution in [0.25, 0.3) is 0 Å². The standard InChI is InChI=1S/C13H20N2O4/c1-7(2)12(13(17)18)14-11(16)6-5-10-8(3)15-19-9(10)4/h7,12H,5-6H2,1-4H3,(H,14,16)(H,17,18)/t12-/m1/s1. The van der Waals surface area contributed by atoms with Crippen molar-refractivity contribution in [2.45, 2.75) is 46.6 Å². The molecule has 106 valence electrons. The molecular formula is C13H20N2O4. The summed E-state index contributed by atoms with van der Waals surface area (Å²) in [6.45, 7) is 7.13. The second-order valence-electron chi connectivity index (χ2n) is 4.93. The number of carboxylic acid groups (broad SMARTS) is 1. The Morgan fingerprint density at radius 2 is 2.00 bits per heavy atom. The fourth-order valence-corrected chi connectivity index (χ4v) is 1.86. The minimum Gasteiger partial charge on any atom is -0.480 e. The zero-order valence-corrected chi connectivity index (χ0v) is 11.7. The summed E-state index contributed by atoms with van der Waals surface area (Å²) in [5.74, 6) is -0.744. The van der Waals surface area contributed by atoms with Crippen LogP contribution in [0.1, 0.15) is 37.3 Å². The van der Waals surface area contributed by atoms with Gasteiger partial charge in [-0.2, -0.15) is 0 Å². The highest BCUT2D eigenvalue weighted by atomic mass is 16.5. The van der Waals surface area contributed by atoms with E-state index in [9.17, 15) is 9.59 Å². The number of carbonyl (C=O) groups is 2. The fraction of sp³-hybridized carbons (Fsp3) is 0.615. The van der Waals surface area contributed by atoms with Crippen LogP contribution in [0.3, 0.4) is 0 Å². The number of nitrogens with zero attached hydrogens (tertiary/aromatic N) is 1. The molecular weight excluding hydrogens is 248 g/mol. The van der Waals surface area contributed by atoms with Crippen LogP contribution in [0.15, 0.2) is 4.52 Å². The van der Waals surface area contributed by atoms with E-state index in [1.165, 1.54) is 0 Å². The Morgan fingerprint density at radius 3 is 2.42 bits per heavy atom. The third-order valence-corrected chi connectivity index (χ3v) is 3.03. The number of amides is 1. The van der Waals surface area contributed by atoms with Crippen molar-refractivity contribution in [2.24, 2.45) is 5.92 Å². The largest absolute Gasteiger partial charge is 0.480 e. The Bertz CT molecular complexity index is 446. The van der Waals surface area contributed by atoms with Gasteiger partial charge in [-0.05, 0) is 26.2 Å². The first-order valence-electron chi connectivity index (χ1n) is 6.26. The molecule has 0 aliphatic rings. The fourth-order valence-electron chi connectivity index (χ4n) is 1.86. The Morgan fingerprint density at radius 1 is 1.37 bits per heavy atom. The Hall–Kier alpha value is -1.85. The summed E-state index contributed by atoms with van der Waals surface area (Å²) in [7, 11) is 0. The van der Waals surface area contributed by atoms with E-state index in [-0.39, 0.29) is 18.2 Å². The average Bonchev–Trinajstić information content (AvgIpc) is 2.62. The Kier molecular flexibility index (Phi) is 5.09. The van der Waals surface area contributed by atoms with Crippen LogP contribution in [-0.2, 0) is 16.0 Å². The molecule has 0 aliphatic heterocycles. The number of rotatable bonds is 6. The molecule has 1 atom stereocenters. The van der Waals surface area contributed by atoms with Crippen LogP contribution < -0.4 is 5.32 Å². The van der Waals surface area contributed by atoms with Crippen molar-refractivity contribution in [2.75, 3.05) is 0 Å². The van der Waals surface area contributed by atoms with Gasteiger partial charge in [0, 0.05) is 12.0 Å². The molecule has 1 heterocycles. The summed E-state index contributed by atoms with van der Waals surface area (Å²) >= 11 is 0. The van der Waals surface area contributed by atoms with Crippen molar-refractivity contribution in [1.82, 2.24) is 10.5 Å². The van der Waals surface area contributed by atoms with Gasteiger partial charge in [-0.15, -0.1) is 0 Å². The van der Waals surface area contributed by atoms with Crippen LogP contribution in [0.4, 0.5) is 0 Å². The van der Waals surface area contributed by atoms with E-state index < -0.39 is 12.0 Å². The van der Waals surface area contributed by atoms with E-state index in [0.29, 0.717) is 12.2 Å². The van der Waals surface area contributed by atoms with Gasteiger partial charge < -0.3 is 14.9 Å². The van der Waals surface area contributed by atoms with Gasteiger partial charge in [-0.25, -0.2) is 4.79 Å². The van der Waals surface area contributed by atoms with Crippen molar-refractivity contribution in [3.8, 4) is 0 Å². The predicted octanol–water partition coefficient (Wildman–Crippen LogP) is 1.45. The molecule has 19 heavy (non-hydrogen) atoms. The minimum absolute atomic E-state index is 0.152. The molecule has 0 radical (unpaired) electrons. The molecule has 1 aromatic heterocycles. The summed E-state index contributed by atoms with van der Waals surface area (Å²) in [6.07, 6.45) is 0.719. The molecule has 1 aromatic rings. The molecule has 2 N–H and O–H groups in total. The number of hydrogen-bond donors (Lipinski definition) is 2. The van der Waals surface area contributed by atoms with Crippen molar-refractivity contribution in [1.29, 1.82) is 0 Å². The monoisotopic (exact) mass is 268 g/mol. The van der Waals surface area contributed by atoms with E-state index >= 15 is 0 Å². The molecule has 0 saturated heterocycles. The summed E-state index contributed by atoms with van der Waals surface area (Å²) in [5, 5.41) is 15.3. The zero-order chi connectivity index (χ0) is 14.6. The summed E-state index contributed by atoms with van der Waals surface area (Å²) < 4.78 is 5.01. The van der Waals surface area contributed by atoms with Gasteiger partial charge >= 0.3 is 5.97 Å². The quantitative estimate of drug-likeness (QED) is 0.814. The number of aryl methyl sites for hydroxylation is 2. The smallest absolute Gasteiger partial charge is 0.326 e. The van der Waals surface area contributed by atoms with Crippen LogP contribution in [0, 0.1) is 19.8 Å². The van der Waals surface area contributed by atoms with Gasteiger partial charge in [0.1, 0.15) is 11.8 Å². The maximum absolute atomic E-state index is 11.8. The molecule has 6 nitrogen and oxygen atoms in total. The molecule has 6 heteroatoms. The van der Waals surface area contributed by atoms with Crippen LogP contribution in [-0.4, -0.2) is 28.2 Å². The Balaban J connectivity index is 2.54. The lowest BCUT2D eigenvalue weighted by Gasteiger charge is -2.17. The van der Waals surface area contributed by atoms with Crippen LogP contribution >= 0.6 is 0 Å². The van der Waals surface area contributed by atoms with Crippen LogP contribution in [0.5, 0.6) is 0 Å². The molecule has 1 rings (SSSR count). The van der Waals surface area contributed by atoms with Gasteiger partial charge in [0.05, 0.1) is 5.69 Å². The topological polar surface area (TPSA) is 92.4 Å². The van der Waals surface area contributed by atoms with Gasteiger partial charge in [-0.3, -0.25) is 4.79 Å². The molecule has 0 unspecified atom stereocenters. The molecule has 0 saturated carbocycles. The first kappa shape index (κ1) is 15.2. The highest BCUT2D eigenvalue weighted by Gasteiger charge is 2.23. The molecule has 0 spiro atoms. The van der Waals surface area contributed by atoms with E-state index in [1.54, 1.807) is 20.8 Å². The highest BCUT2D eigenvalue weighted by Crippen LogP contribution is 2.14. The van der Waals surface area contributed by atoms with Crippen LogP contribution in [0.2, 0.25) is 0 Å². The van der Waals surface area contributed by atoms with Gasteiger partial charge in [-0.1, -0.05) is 19.0 Å². The van der Waals surface area contributed by atoms with Gasteiger partial charge in [0.25, 0.3) is 0 Å². The number of nitrogens with one attached hydrogen (secondary N) is 1. The maximum atomic E-state index is 11.8. The first-order valence-corrected chi connectivity index (χ1v) is 6.26. The van der Waals surface area contributed by atoms with Gasteiger partial charge in [0.2, 0.25) is 5.91 Å². The van der Waals surface area contributed by atoms with E-state index in [2.05, 4.69) is 10.5 Å². The second kappa shape index (κ2) is 6.36. The highest BCUT2D eigenvalue weighted by molar-refractivity contribution is 5.83. The number of carbonyl (C=O) groups excluding carboxylic acids is 1. The lowest BCUT2D eigenvalue weighted by atomic mass is 10.0. The van der Waals surface area contributed by atoms with Crippen molar-refractivity contribution in [3.63, 3.8) is 0 Å². The predicted molar refractivity (Wildman–Crippen MR) is 68.7 cm³/mol. The van der Waals surface area contributed by atoms with Crippen molar-refractivity contribution < 1.29 is 19.2 Å². The van der Waals surface area contributed by atoms with Gasteiger partial charge in [0.15, 0.2) is 0 Å². The zero-order valence-electron chi connectivity index (χ0n) is 11.7. The number of hydrogen-bond acceptors (Lipinski definition) is 4. The minimum atomic E-state index is -1.01. The number of aliphatic carboxylic acids is 1. The first-order chi connectivity index (χ1) is 8.82. The summed E-state index contributed by atoms with van der Waals surface area (Å²) in [4.78, 5) is 22.7. The second-order valence-corrected chi connectivity index (χ2v) is 4.93. The Labute approximate surface area is 112 Å². The molecule has 0 bridgehead atoms. The lowest BCUT2D eigenvalue weighted by molar-refractivity contribution is -0.143. The molecule has 1 amide bonds. The average molecular weight is 268 g/mol.